The summed E-state index contributed by atoms with van der Waals surface area (Å²) < 4.78 is 0. The van der Waals surface area contributed by atoms with E-state index in [2.05, 4.69) is 266 Å². The summed E-state index contributed by atoms with van der Waals surface area (Å²) in [5.41, 5.74) is 16.2. The molecule has 8 rings (SSSR count). The van der Waals surface area contributed by atoms with Crippen molar-refractivity contribution in [3.8, 4) is 11.1 Å². The molecule has 0 aliphatic rings. The van der Waals surface area contributed by atoms with E-state index in [0.717, 1.165) is 45.3 Å². The van der Waals surface area contributed by atoms with Crippen molar-refractivity contribution in [3.63, 3.8) is 0 Å². The Hall–Kier alpha value is -7.68. The molecule has 0 aliphatic carbocycles. The number of nitrogens with zero attached hydrogens (tertiary/aromatic N) is 2. The van der Waals surface area contributed by atoms with E-state index in [-0.39, 0.29) is 0 Å². The van der Waals surface area contributed by atoms with Crippen LogP contribution in [0.15, 0.2) is 231 Å². The average molecular weight is 773 g/mol. The predicted molar refractivity (Wildman–Crippen MR) is 260 cm³/mol. The lowest BCUT2D eigenvalue weighted by atomic mass is 10.0. The van der Waals surface area contributed by atoms with Crippen molar-refractivity contribution < 1.29 is 0 Å². The molecule has 0 bridgehead atoms. The highest BCUT2D eigenvalue weighted by Gasteiger charge is 2.16. The largest absolute Gasteiger partial charge is 0.310 e. The van der Waals surface area contributed by atoms with Crippen LogP contribution in [0.1, 0.15) is 33.4 Å². The summed E-state index contributed by atoms with van der Waals surface area (Å²) in [4.78, 5) is 4.65. The SMILES string of the molecule is Cc1cc(N(c2ccccc2)c2ccc(-c3ccc(N(c4ccccc4)c4ccc(C=CC=Cc5ccccc5)c(C)c4)cc3)cc2)ccc1C=CC=Cc1ccccc1. The van der Waals surface area contributed by atoms with Crippen molar-refractivity contribution in [2.75, 3.05) is 9.80 Å². The van der Waals surface area contributed by atoms with Gasteiger partial charge in [0.15, 0.2) is 0 Å². The number of anilines is 6. The molecule has 0 heterocycles. The third-order valence-corrected chi connectivity index (χ3v) is 10.6. The average Bonchev–Trinajstić information content (AvgIpc) is 3.30. The monoisotopic (exact) mass is 772 g/mol. The lowest BCUT2D eigenvalue weighted by Crippen LogP contribution is -2.10. The van der Waals surface area contributed by atoms with Crippen molar-refractivity contribution in [1.82, 2.24) is 0 Å². The van der Waals surface area contributed by atoms with Crippen LogP contribution in [0, 0.1) is 13.8 Å². The fourth-order valence-electron chi connectivity index (χ4n) is 7.41. The van der Waals surface area contributed by atoms with Gasteiger partial charge in [0.1, 0.15) is 0 Å². The summed E-state index contributed by atoms with van der Waals surface area (Å²) >= 11 is 0. The number of rotatable bonds is 13. The maximum atomic E-state index is 2.32. The summed E-state index contributed by atoms with van der Waals surface area (Å²) in [5.74, 6) is 0. The van der Waals surface area contributed by atoms with E-state index in [4.69, 9.17) is 0 Å². The normalized spacial score (nSPS) is 11.6. The van der Waals surface area contributed by atoms with Crippen LogP contribution in [0.5, 0.6) is 0 Å². The summed E-state index contributed by atoms with van der Waals surface area (Å²) in [6, 6.07) is 73.1. The van der Waals surface area contributed by atoms with Gasteiger partial charge in [0.2, 0.25) is 0 Å². The minimum atomic E-state index is 1.10. The highest BCUT2D eigenvalue weighted by Crippen LogP contribution is 2.39. The van der Waals surface area contributed by atoms with Gasteiger partial charge in [-0.3, -0.25) is 0 Å². The van der Waals surface area contributed by atoms with Crippen LogP contribution in [-0.2, 0) is 0 Å². The molecule has 0 saturated carbocycles. The molecule has 0 radical (unpaired) electrons. The molecule has 0 atom stereocenters. The van der Waals surface area contributed by atoms with E-state index in [0.29, 0.717) is 0 Å². The van der Waals surface area contributed by atoms with E-state index >= 15 is 0 Å². The molecule has 0 spiro atoms. The van der Waals surface area contributed by atoms with Gasteiger partial charge in [-0.05, 0) is 131 Å². The summed E-state index contributed by atoms with van der Waals surface area (Å²) in [6.45, 7) is 4.36. The lowest BCUT2D eigenvalue weighted by molar-refractivity contribution is 1.26. The van der Waals surface area contributed by atoms with Gasteiger partial charge in [-0.15, -0.1) is 0 Å². The van der Waals surface area contributed by atoms with Gasteiger partial charge < -0.3 is 9.80 Å². The van der Waals surface area contributed by atoms with E-state index in [1.165, 1.54) is 33.4 Å². The van der Waals surface area contributed by atoms with E-state index in [1.807, 2.05) is 12.1 Å². The maximum Gasteiger partial charge on any atom is 0.0464 e. The fourth-order valence-corrected chi connectivity index (χ4v) is 7.41. The molecule has 2 nitrogen and oxygen atoms in total. The number of para-hydroxylation sites is 2. The van der Waals surface area contributed by atoms with Crippen molar-refractivity contribution in [2.45, 2.75) is 13.8 Å². The summed E-state index contributed by atoms with van der Waals surface area (Å²) in [7, 11) is 0. The van der Waals surface area contributed by atoms with Gasteiger partial charge in [-0.2, -0.15) is 0 Å². The van der Waals surface area contributed by atoms with E-state index in [1.54, 1.807) is 0 Å². The molecular formula is C58H48N2. The second kappa shape index (κ2) is 19.2. The zero-order chi connectivity index (χ0) is 40.9. The Bertz CT molecular complexity index is 2530. The van der Waals surface area contributed by atoms with Crippen molar-refractivity contribution in [3.05, 3.63) is 264 Å². The standard InChI is InChI=1S/C58H48N2/c1-45-43-57(41-31-49(45)25-17-15-23-47-19-7-3-8-20-47)59(53-27-11-5-12-28-53)55-37-33-51(34-38-55)52-35-39-56(40-36-52)60(54-29-13-6-14-30-54)58-42-32-50(46(2)44-58)26-18-16-24-48-21-9-4-10-22-48/h3-44H,1-2H3. The van der Waals surface area contributed by atoms with Crippen LogP contribution < -0.4 is 9.80 Å². The zero-order valence-corrected chi connectivity index (χ0v) is 34.1. The Labute approximate surface area is 355 Å². The van der Waals surface area contributed by atoms with Crippen LogP contribution >= 0.6 is 0 Å². The fraction of sp³-hybridized carbons (Fsp3) is 0.0345. The van der Waals surface area contributed by atoms with Crippen LogP contribution in [0.25, 0.3) is 35.4 Å². The van der Waals surface area contributed by atoms with Gasteiger partial charge in [0.05, 0.1) is 0 Å². The minimum absolute atomic E-state index is 1.10. The zero-order valence-electron chi connectivity index (χ0n) is 34.1. The highest BCUT2D eigenvalue weighted by molar-refractivity contribution is 5.82. The van der Waals surface area contributed by atoms with Crippen LogP contribution in [0.4, 0.5) is 34.1 Å². The van der Waals surface area contributed by atoms with Gasteiger partial charge in [-0.1, -0.05) is 182 Å². The van der Waals surface area contributed by atoms with E-state index in [9.17, 15) is 0 Å². The first-order valence-electron chi connectivity index (χ1n) is 20.5. The Morgan fingerprint density at radius 3 is 0.933 bits per heavy atom. The molecule has 8 aromatic carbocycles. The Morgan fingerprint density at radius 2 is 0.583 bits per heavy atom. The Balaban J connectivity index is 1.02. The number of benzene rings is 8. The van der Waals surface area contributed by atoms with Crippen LogP contribution in [0.2, 0.25) is 0 Å². The molecule has 290 valence electrons. The predicted octanol–water partition coefficient (Wildman–Crippen LogP) is 16.4. The number of hydrogen-bond donors (Lipinski definition) is 0. The van der Waals surface area contributed by atoms with E-state index < -0.39 is 0 Å². The topological polar surface area (TPSA) is 6.48 Å². The second-order valence-electron chi connectivity index (χ2n) is 14.8. The third-order valence-electron chi connectivity index (χ3n) is 10.6. The van der Waals surface area contributed by atoms with Gasteiger partial charge in [0.25, 0.3) is 0 Å². The van der Waals surface area contributed by atoms with Crippen LogP contribution in [-0.4, -0.2) is 0 Å². The molecule has 60 heavy (non-hydrogen) atoms. The second-order valence-corrected chi connectivity index (χ2v) is 14.8. The van der Waals surface area contributed by atoms with Gasteiger partial charge in [-0.25, -0.2) is 0 Å². The third kappa shape index (κ3) is 9.70. The summed E-state index contributed by atoms with van der Waals surface area (Å²) in [6.07, 6.45) is 17.0. The van der Waals surface area contributed by atoms with Crippen molar-refractivity contribution in [1.29, 1.82) is 0 Å². The molecule has 2 heteroatoms. The Morgan fingerprint density at radius 1 is 0.283 bits per heavy atom. The first-order valence-corrected chi connectivity index (χ1v) is 20.5. The van der Waals surface area contributed by atoms with Crippen LogP contribution in [0.3, 0.4) is 0 Å². The van der Waals surface area contributed by atoms with Crippen molar-refractivity contribution >= 4 is 58.4 Å². The molecule has 0 amide bonds. The minimum Gasteiger partial charge on any atom is -0.310 e. The molecule has 0 aliphatic heterocycles. The smallest absolute Gasteiger partial charge is 0.0464 e. The molecule has 0 unspecified atom stereocenters. The number of hydrogen-bond acceptors (Lipinski definition) is 2. The lowest BCUT2D eigenvalue weighted by Gasteiger charge is -2.27. The van der Waals surface area contributed by atoms with Gasteiger partial charge in [0, 0.05) is 34.1 Å². The summed E-state index contributed by atoms with van der Waals surface area (Å²) in [5, 5.41) is 0. The molecule has 0 saturated heterocycles. The molecular weight excluding hydrogens is 725 g/mol. The molecule has 0 N–H and O–H groups in total. The number of aryl methyl sites for hydroxylation is 2. The van der Waals surface area contributed by atoms with Crippen molar-refractivity contribution in [2.24, 2.45) is 0 Å². The quantitative estimate of drug-likeness (QED) is 0.108. The highest BCUT2D eigenvalue weighted by atomic mass is 15.1. The Kier molecular flexibility index (Phi) is 12.5. The number of allylic oxidation sites excluding steroid dienone is 4. The maximum absolute atomic E-state index is 2.32. The molecule has 0 fully saturated rings. The van der Waals surface area contributed by atoms with Gasteiger partial charge >= 0.3 is 0 Å². The first kappa shape index (κ1) is 39.2. The molecule has 8 aromatic rings. The first-order chi connectivity index (χ1) is 29.6. The molecule has 0 aromatic heterocycles.